The zero-order valence-electron chi connectivity index (χ0n) is 24.1. The second-order valence-corrected chi connectivity index (χ2v) is 12.6. The summed E-state index contributed by atoms with van der Waals surface area (Å²) in [6, 6.07) is 47.0. The van der Waals surface area contributed by atoms with Gasteiger partial charge in [0.1, 0.15) is 0 Å². The molecule has 1 aliphatic carbocycles. The Morgan fingerprint density at radius 1 is 0.489 bits per heavy atom. The standard InChI is InChI=1S/C40H24N4S/c1-3-11-24(12-4-1)38-41-39(25-13-5-2-6-14-25)43-40(42-38)44-32-18-10-9-17-31(32)35-33(44)22-21-30-29-20-19-27-23-26-15-7-8-16-28(26)34(27)36(29)45-37(30)35/h1-22H,23H2. The van der Waals surface area contributed by atoms with Crippen LogP contribution in [0.1, 0.15) is 11.1 Å². The number of nitrogens with zero attached hydrogens (tertiary/aromatic N) is 4. The molecule has 3 aromatic heterocycles. The molecule has 210 valence electrons. The maximum Gasteiger partial charge on any atom is 0.238 e. The average molecular weight is 593 g/mol. The normalized spacial score (nSPS) is 12.4. The first-order valence-electron chi connectivity index (χ1n) is 15.2. The minimum atomic E-state index is 0.615. The largest absolute Gasteiger partial charge is 0.278 e. The van der Waals surface area contributed by atoms with Gasteiger partial charge in [-0.1, -0.05) is 121 Å². The smallest absolute Gasteiger partial charge is 0.238 e. The number of para-hydroxylation sites is 1. The van der Waals surface area contributed by atoms with E-state index in [9.17, 15) is 0 Å². The topological polar surface area (TPSA) is 43.6 Å². The summed E-state index contributed by atoms with van der Waals surface area (Å²) in [6.45, 7) is 0. The van der Waals surface area contributed by atoms with E-state index in [-0.39, 0.29) is 0 Å². The Balaban J connectivity index is 1.29. The predicted octanol–water partition coefficient (Wildman–Crippen LogP) is 10.2. The molecule has 0 N–H and O–H groups in total. The molecule has 5 heteroatoms. The van der Waals surface area contributed by atoms with Crippen LogP contribution in [0.25, 0.3) is 81.8 Å². The van der Waals surface area contributed by atoms with Gasteiger partial charge in [0.25, 0.3) is 0 Å². The van der Waals surface area contributed by atoms with Crippen LogP contribution < -0.4 is 0 Å². The number of aromatic nitrogens is 4. The Morgan fingerprint density at radius 2 is 1.13 bits per heavy atom. The van der Waals surface area contributed by atoms with E-state index in [4.69, 9.17) is 15.0 Å². The average Bonchev–Trinajstić information content (AvgIpc) is 3.78. The molecule has 4 nitrogen and oxygen atoms in total. The van der Waals surface area contributed by atoms with Crippen molar-refractivity contribution in [2.75, 3.05) is 0 Å². The van der Waals surface area contributed by atoms with Gasteiger partial charge in [0.2, 0.25) is 5.95 Å². The number of hydrogen-bond acceptors (Lipinski definition) is 4. The molecular formula is C40H24N4S. The zero-order valence-corrected chi connectivity index (χ0v) is 24.9. The quantitative estimate of drug-likeness (QED) is 0.205. The summed E-state index contributed by atoms with van der Waals surface area (Å²) in [7, 11) is 0. The third-order valence-corrected chi connectivity index (χ3v) is 10.3. The van der Waals surface area contributed by atoms with E-state index >= 15 is 0 Å². The van der Waals surface area contributed by atoms with Gasteiger partial charge >= 0.3 is 0 Å². The lowest BCUT2D eigenvalue weighted by molar-refractivity contribution is 0.953. The van der Waals surface area contributed by atoms with Gasteiger partial charge in [-0.3, -0.25) is 4.57 Å². The van der Waals surface area contributed by atoms with E-state index in [1.165, 1.54) is 53.2 Å². The van der Waals surface area contributed by atoms with E-state index in [0.29, 0.717) is 17.6 Å². The fourth-order valence-corrected chi connectivity index (χ4v) is 8.51. The molecule has 0 saturated heterocycles. The highest BCUT2D eigenvalue weighted by Crippen LogP contribution is 2.49. The van der Waals surface area contributed by atoms with Crippen molar-refractivity contribution in [1.82, 2.24) is 19.5 Å². The summed E-state index contributed by atoms with van der Waals surface area (Å²) >= 11 is 1.92. The van der Waals surface area contributed by atoms with Crippen molar-refractivity contribution in [1.29, 1.82) is 0 Å². The lowest BCUT2D eigenvalue weighted by Crippen LogP contribution is -2.06. The third-order valence-electron chi connectivity index (χ3n) is 9.08. The summed E-state index contributed by atoms with van der Waals surface area (Å²) in [6.07, 6.45) is 0.997. The van der Waals surface area contributed by atoms with Crippen LogP contribution >= 0.6 is 11.3 Å². The van der Waals surface area contributed by atoms with Gasteiger partial charge in [-0.2, -0.15) is 9.97 Å². The van der Waals surface area contributed by atoms with Crippen molar-refractivity contribution < 1.29 is 0 Å². The van der Waals surface area contributed by atoms with Crippen molar-refractivity contribution >= 4 is 53.3 Å². The molecule has 45 heavy (non-hydrogen) atoms. The van der Waals surface area contributed by atoms with Gasteiger partial charge in [0, 0.05) is 47.6 Å². The molecule has 0 spiro atoms. The van der Waals surface area contributed by atoms with E-state index in [1.807, 2.05) is 47.7 Å². The van der Waals surface area contributed by atoms with Crippen LogP contribution in [0, 0.1) is 0 Å². The first kappa shape index (κ1) is 24.8. The highest BCUT2D eigenvalue weighted by Gasteiger charge is 2.25. The maximum absolute atomic E-state index is 5.11. The van der Waals surface area contributed by atoms with Crippen molar-refractivity contribution in [2.24, 2.45) is 0 Å². The van der Waals surface area contributed by atoms with Crippen LogP contribution in [0.3, 0.4) is 0 Å². The van der Waals surface area contributed by atoms with Gasteiger partial charge in [0.05, 0.1) is 11.0 Å². The Bertz CT molecular complexity index is 2560. The molecule has 0 fully saturated rings. The predicted molar refractivity (Wildman–Crippen MR) is 186 cm³/mol. The van der Waals surface area contributed by atoms with Gasteiger partial charge in [-0.25, -0.2) is 4.98 Å². The van der Waals surface area contributed by atoms with Crippen LogP contribution in [-0.2, 0) is 6.42 Å². The lowest BCUT2D eigenvalue weighted by Gasteiger charge is -2.10. The van der Waals surface area contributed by atoms with Crippen molar-refractivity contribution in [3.8, 4) is 39.9 Å². The summed E-state index contributed by atoms with van der Waals surface area (Å²) in [5.41, 5.74) is 9.70. The fraction of sp³-hybridized carbons (Fsp3) is 0.0250. The zero-order chi connectivity index (χ0) is 29.5. The number of thiophene rings is 1. The Hall–Kier alpha value is -5.65. The van der Waals surface area contributed by atoms with Crippen molar-refractivity contribution in [3.63, 3.8) is 0 Å². The second kappa shape index (κ2) is 9.42. The van der Waals surface area contributed by atoms with E-state index in [0.717, 1.165) is 28.6 Å². The van der Waals surface area contributed by atoms with E-state index in [1.54, 1.807) is 0 Å². The molecule has 9 aromatic rings. The summed E-state index contributed by atoms with van der Waals surface area (Å²) in [5, 5.41) is 5.06. The molecule has 10 rings (SSSR count). The minimum Gasteiger partial charge on any atom is -0.278 e. The van der Waals surface area contributed by atoms with Gasteiger partial charge in [-0.05, 0) is 35.2 Å². The molecule has 1 aliphatic rings. The fourth-order valence-electron chi connectivity index (χ4n) is 7.07. The molecular weight excluding hydrogens is 569 g/mol. The van der Waals surface area contributed by atoms with Crippen molar-refractivity contribution in [3.05, 3.63) is 145 Å². The Labute approximate surface area is 262 Å². The highest BCUT2D eigenvalue weighted by atomic mass is 32.1. The minimum absolute atomic E-state index is 0.615. The Kier molecular flexibility index (Phi) is 5.18. The molecule has 0 radical (unpaired) electrons. The molecule has 0 atom stereocenters. The number of hydrogen-bond donors (Lipinski definition) is 0. The molecule has 0 unspecified atom stereocenters. The van der Waals surface area contributed by atoms with Gasteiger partial charge in [-0.15, -0.1) is 11.3 Å². The lowest BCUT2D eigenvalue weighted by atomic mass is 10.0. The Morgan fingerprint density at radius 3 is 1.91 bits per heavy atom. The van der Waals surface area contributed by atoms with Crippen LogP contribution in [-0.4, -0.2) is 19.5 Å². The van der Waals surface area contributed by atoms with Crippen molar-refractivity contribution in [2.45, 2.75) is 6.42 Å². The van der Waals surface area contributed by atoms with Gasteiger partial charge < -0.3 is 0 Å². The number of benzene rings is 6. The first-order chi connectivity index (χ1) is 22.3. The van der Waals surface area contributed by atoms with Crippen LogP contribution in [0.5, 0.6) is 0 Å². The van der Waals surface area contributed by atoms with Crippen LogP contribution in [0.2, 0.25) is 0 Å². The third kappa shape index (κ3) is 3.62. The summed E-state index contributed by atoms with van der Waals surface area (Å²) < 4.78 is 4.89. The molecule has 0 amide bonds. The van der Waals surface area contributed by atoms with Crippen LogP contribution in [0.4, 0.5) is 0 Å². The molecule has 0 aliphatic heterocycles. The SMILES string of the molecule is c1ccc(-c2nc(-c3ccccc3)nc(-n3c4ccccc4c4c5sc6c7c(ccc6c5ccc43)Cc3ccccc3-7)n2)cc1. The second-order valence-electron chi connectivity index (χ2n) is 11.6. The van der Waals surface area contributed by atoms with Gasteiger partial charge in [0.15, 0.2) is 11.6 Å². The highest BCUT2D eigenvalue weighted by molar-refractivity contribution is 7.27. The molecule has 3 heterocycles. The molecule has 6 aromatic carbocycles. The van der Waals surface area contributed by atoms with E-state index < -0.39 is 0 Å². The number of fused-ring (bicyclic) bond motifs is 11. The van der Waals surface area contributed by atoms with E-state index in [2.05, 4.69) is 102 Å². The monoisotopic (exact) mass is 592 g/mol. The molecule has 0 saturated carbocycles. The van der Waals surface area contributed by atoms with Crippen LogP contribution in [0.15, 0.2) is 133 Å². The number of rotatable bonds is 3. The molecule has 0 bridgehead atoms. The summed E-state index contributed by atoms with van der Waals surface area (Å²) in [4.78, 5) is 15.2. The maximum atomic E-state index is 5.11. The summed E-state index contributed by atoms with van der Waals surface area (Å²) in [5.74, 6) is 1.93. The first-order valence-corrected chi connectivity index (χ1v) is 16.0.